The van der Waals surface area contributed by atoms with E-state index in [1.54, 1.807) is 17.0 Å². The number of rotatable bonds is 5. The number of phenols is 1. The number of phenolic OH excluding ortho intramolecular Hbond substituents is 1. The van der Waals surface area contributed by atoms with E-state index in [0.717, 1.165) is 17.3 Å². The molecular formula is C14H20BrNO2. The Kier molecular flexibility index (Phi) is 5.66. The molecule has 1 aromatic carbocycles. The Balaban J connectivity index is 2.94. The zero-order valence-electron chi connectivity index (χ0n) is 11.1. The Hall–Kier alpha value is -1.03. The van der Waals surface area contributed by atoms with Gasteiger partial charge in [0.25, 0.3) is 5.91 Å². The van der Waals surface area contributed by atoms with Gasteiger partial charge in [0.05, 0.1) is 5.56 Å². The number of hydrogen-bond acceptors (Lipinski definition) is 2. The van der Waals surface area contributed by atoms with Gasteiger partial charge in [0, 0.05) is 17.9 Å². The second-order valence-electron chi connectivity index (χ2n) is 4.66. The van der Waals surface area contributed by atoms with Crippen LogP contribution in [0.1, 0.15) is 36.2 Å². The average Bonchev–Trinajstić information content (AvgIpc) is 2.28. The summed E-state index contributed by atoms with van der Waals surface area (Å²) >= 11 is 3.37. The summed E-state index contributed by atoms with van der Waals surface area (Å²) in [6.07, 6.45) is 0.899. The molecule has 0 spiro atoms. The van der Waals surface area contributed by atoms with Gasteiger partial charge < -0.3 is 10.0 Å². The molecule has 0 fully saturated rings. The highest BCUT2D eigenvalue weighted by Crippen LogP contribution is 2.21. The van der Waals surface area contributed by atoms with Gasteiger partial charge in [-0.3, -0.25) is 4.79 Å². The minimum absolute atomic E-state index is 0.0597. The Morgan fingerprint density at radius 1 is 1.44 bits per heavy atom. The smallest absolute Gasteiger partial charge is 0.257 e. The largest absolute Gasteiger partial charge is 0.507 e. The quantitative estimate of drug-likeness (QED) is 0.847. The fraction of sp³-hybridized carbons (Fsp3) is 0.500. The lowest BCUT2D eigenvalue weighted by Gasteiger charge is -2.27. The van der Waals surface area contributed by atoms with E-state index < -0.39 is 0 Å². The summed E-state index contributed by atoms with van der Waals surface area (Å²) in [6.45, 7) is 6.54. The summed E-state index contributed by atoms with van der Waals surface area (Å²) in [7, 11) is 0. The molecule has 100 valence electrons. The molecule has 1 aromatic rings. The molecule has 0 aliphatic rings. The molecule has 0 heterocycles. The minimum atomic E-state index is -0.108. The van der Waals surface area contributed by atoms with Gasteiger partial charge in [-0.15, -0.1) is 0 Å². The Labute approximate surface area is 117 Å². The van der Waals surface area contributed by atoms with Crippen molar-refractivity contribution in [3.8, 4) is 5.75 Å². The van der Waals surface area contributed by atoms with Crippen LogP contribution in [0.5, 0.6) is 5.75 Å². The summed E-state index contributed by atoms with van der Waals surface area (Å²) in [5, 5.41) is 10.7. The molecule has 3 nitrogen and oxygen atoms in total. The van der Waals surface area contributed by atoms with E-state index in [-0.39, 0.29) is 17.7 Å². The molecule has 1 amide bonds. The van der Waals surface area contributed by atoms with Crippen molar-refractivity contribution in [1.82, 2.24) is 4.90 Å². The maximum atomic E-state index is 12.4. The first kappa shape index (κ1) is 15.0. The first-order valence-corrected chi connectivity index (χ1v) is 7.26. The summed E-state index contributed by atoms with van der Waals surface area (Å²) in [5.74, 6) is -0.0482. The van der Waals surface area contributed by atoms with E-state index >= 15 is 0 Å². The van der Waals surface area contributed by atoms with E-state index in [0.29, 0.717) is 12.1 Å². The topological polar surface area (TPSA) is 40.5 Å². The Morgan fingerprint density at radius 2 is 2.11 bits per heavy atom. The SMILES string of the molecule is Cc1ccc(C(=O)N(CCCBr)C(C)C)c(O)c1. The van der Waals surface area contributed by atoms with Crippen LogP contribution in [-0.2, 0) is 0 Å². The van der Waals surface area contributed by atoms with Gasteiger partial charge in [-0.05, 0) is 44.9 Å². The lowest BCUT2D eigenvalue weighted by Crippen LogP contribution is -2.37. The van der Waals surface area contributed by atoms with Crippen LogP contribution in [0.25, 0.3) is 0 Å². The molecule has 18 heavy (non-hydrogen) atoms. The molecule has 0 atom stereocenters. The number of aromatic hydroxyl groups is 1. The molecule has 0 radical (unpaired) electrons. The van der Waals surface area contributed by atoms with Crippen molar-refractivity contribution < 1.29 is 9.90 Å². The molecule has 1 rings (SSSR count). The Bertz CT molecular complexity index is 418. The maximum absolute atomic E-state index is 12.4. The number of amides is 1. The van der Waals surface area contributed by atoms with Crippen LogP contribution < -0.4 is 0 Å². The third-order valence-electron chi connectivity index (χ3n) is 2.80. The molecule has 1 N–H and O–H groups in total. The number of benzene rings is 1. The first-order valence-electron chi connectivity index (χ1n) is 6.14. The van der Waals surface area contributed by atoms with Crippen LogP contribution in [0.15, 0.2) is 18.2 Å². The lowest BCUT2D eigenvalue weighted by molar-refractivity contribution is 0.0703. The third-order valence-corrected chi connectivity index (χ3v) is 3.36. The number of alkyl halides is 1. The van der Waals surface area contributed by atoms with E-state index in [2.05, 4.69) is 15.9 Å². The van der Waals surface area contributed by atoms with Crippen LogP contribution in [0.2, 0.25) is 0 Å². The van der Waals surface area contributed by atoms with Gasteiger partial charge in [-0.25, -0.2) is 0 Å². The highest BCUT2D eigenvalue weighted by atomic mass is 79.9. The molecular weight excluding hydrogens is 294 g/mol. The second kappa shape index (κ2) is 6.78. The van der Waals surface area contributed by atoms with Gasteiger partial charge in [0.2, 0.25) is 0 Å². The number of aryl methyl sites for hydroxylation is 1. The molecule has 0 aliphatic carbocycles. The van der Waals surface area contributed by atoms with Crippen LogP contribution in [0.4, 0.5) is 0 Å². The summed E-state index contributed by atoms with van der Waals surface area (Å²) in [4.78, 5) is 14.2. The van der Waals surface area contributed by atoms with E-state index in [4.69, 9.17) is 0 Å². The third kappa shape index (κ3) is 3.73. The standard InChI is InChI=1S/C14H20BrNO2/c1-10(2)16(8-4-7-15)14(18)12-6-5-11(3)9-13(12)17/h5-6,9-10,17H,4,7-8H2,1-3H3. The van der Waals surface area contributed by atoms with E-state index in [1.807, 2.05) is 26.8 Å². The predicted molar refractivity (Wildman–Crippen MR) is 77.4 cm³/mol. The average molecular weight is 314 g/mol. The summed E-state index contributed by atoms with van der Waals surface area (Å²) in [5.41, 5.74) is 1.32. The lowest BCUT2D eigenvalue weighted by atomic mass is 10.1. The molecule has 0 unspecified atom stereocenters. The van der Waals surface area contributed by atoms with Gasteiger partial charge in [-0.1, -0.05) is 22.0 Å². The predicted octanol–water partition coefficient (Wildman–Crippen LogP) is 3.34. The van der Waals surface area contributed by atoms with Crippen LogP contribution in [0, 0.1) is 6.92 Å². The van der Waals surface area contributed by atoms with Crippen LogP contribution in [0.3, 0.4) is 0 Å². The van der Waals surface area contributed by atoms with Crippen molar-refractivity contribution in [2.45, 2.75) is 33.2 Å². The second-order valence-corrected chi connectivity index (χ2v) is 5.45. The minimum Gasteiger partial charge on any atom is -0.507 e. The van der Waals surface area contributed by atoms with Crippen molar-refractivity contribution in [3.05, 3.63) is 29.3 Å². The number of carbonyl (C=O) groups excluding carboxylic acids is 1. The van der Waals surface area contributed by atoms with Gasteiger partial charge in [-0.2, -0.15) is 0 Å². The van der Waals surface area contributed by atoms with Gasteiger partial charge in [0.15, 0.2) is 0 Å². The number of carbonyl (C=O) groups is 1. The van der Waals surface area contributed by atoms with Gasteiger partial charge >= 0.3 is 0 Å². The van der Waals surface area contributed by atoms with Crippen molar-refractivity contribution >= 4 is 21.8 Å². The zero-order chi connectivity index (χ0) is 13.7. The normalized spacial score (nSPS) is 10.7. The van der Waals surface area contributed by atoms with E-state index in [1.165, 1.54) is 0 Å². The summed E-state index contributed by atoms with van der Waals surface area (Å²) < 4.78 is 0. The number of hydrogen-bond donors (Lipinski definition) is 1. The monoisotopic (exact) mass is 313 g/mol. The highest BCUT2D eigenvalue weighted by Gasteiger charge is 2.20. The zero-order valence-corrected chi connectivity index (χ0v) is 12.7. The fourth-order valence-electron chi connectivity index (χ4n) is 1.80. The number of nitrogens with zero attached hydrogens (tertiary/aromatic N) is 1. The molecule has 0 saturated carbocycles. The van der Waals surface area contributed by atoms with Crippen molar-refractivity contribution in [1.29, 1.82) is 0 Å². The van der Waals surface area contributed by atoms with Gasteiger partial charge in [0.1, 0.15) is 5.75 Å². The molecule has 4 heteroatoms. The maximum Gasteiger partial charge on any atom is 0.257 e. The Morgan fingerprint density at radius 3 is 2.61 bits per heavy atom. The molecule has 0 aliphatic heterocycles. The van der Waals surface area contributed by atoms with Crippen molar-refractivity contribution in [2.24, 2.45) is 0 Å². The molecule has 0 saturated heterocycles. The van der Waals surface area contributed by atoms with Crippen LogP contribution in [-0.4, -0.2) is 33.8 Å². The van der Waals surface area contributed by atoms with Crippen LogP contribution >= 0.6 is 15.9 Å². The first-order chi connectivity index (χ1) is 8.47. The molecule has 0 aromatic heterocycles. The summed E-state index contributed by atoms with van der Waals surface area (Å²) in [6, 6.07) is 5.28. The van der Waals surface area contributed by atoms with Crippen molar-refractivity contribution in [3.63, 3.8) is 0 Å². The fourth-order valence-corrected chi connectivity index (χ4v) is 2.05. The van der Waals surface area contributed by atoms with E-state index in [9.17, 15) is 9.90 Å². The highest BCUT2D eigenvalue weighted by molar-refractivity contribution is 9.09. The molecule has 0 bridgehead atoms. The van der Waals surface area contributed by atoms with Crippen molar-refractivity contribution in [2.75, 3.05) is 11.9 Å². The number of halogens is 1.